The SMILES string of the molecule is C#CC(=O)OCC.CCOC(=O)/C=C/n1cnc(-c2cc(Cl)cc(Cl)c2)n1.CCOC(=O)/C=C\n1cnc(-c2cc(Cl)cc(Cl)c2)n1.Clc1cc(Cl)cc(-c2ncn[nH]2)c1. The van der Waals surface area contributed by atoms with E-state index in [1.54, 1.807) is 81.3 Å². The number of benzene rings is 3. The van der Waals surface area contributed by atoms with Gasteiger partial charge in [0.1, 0.15) is 19.0 Å². The van der Waals surface area contributed by atoms with Crippen LogP contribution in [-0.2, 0) is 28.6 Å². The maximum Gasteiger partial charge on any atom is 0.384 e. The first-order valence-corrected chi connectivity index (χ1v) is 19.4. The molecule has 0 saturated carbocycles. The third kappa shape index (κ3) is 17.6. The average molecular weight is 936 g/mol. The van der Waals surface area contributed by atoms with E-state index in [2.05, 4.69) is 46.5 Å². The Morgan fingerprint density at radius 2 is 1.00 bits per heavy atom. The van der Waals surface area contributed by atoms with E-state index >= 15 is 0 Å². The zero-order chi connectivity index (χ0) is 44.0. The minimum Gasteiger partial charge on any atom is -0.463 e. The van der Waals surface area contributed by atoms with Crippen molar-refractivity contribution >= 4 is 99.9 Å². The summed E-state index contributed by atoms with van der Waals surface area (Å²) in [6, 6.07) is 15.3. The van der Waals surface area contributed by atoms with Crippen LogP contribution in [0.1, 0.15) is 20.8 Å². The van der Waals surface area contributed by atoms with Crippen LogP contribution in [0.25, 0.3) is 46.6 Å². The molecule has 0 fully saturated rings. The number of aromatic nitrogens is 9. The van der Waals surface area contributed by atoms with Gasteiger partial charge in [-0.3, -0.25) is 5.10 Å². The highest BCUT2D eigenvalue weighted by molar-refractivity contribution is 6.36. The Balaban J connectivity index is 0.000000226. The third-order valence-corrected chi connectivity index (χ3v) is 7.81. The number of carbonyl (C=O) groups excluding carboxylic acids is 3. The Morgan fingerprint density at radius 1 is 0.617 bits per heavy atom. The van der Waals surface area contributed by atoms with Gasteiger partial charge in [0.25, 0.3) is 0 Å². The average Bonchev–Trinajstić information content (AvgIpc) is 4.00. The van der Waals surface area contributed by atoms with E-state index in [9.17, 15) is 14.4 Å². The molecule has 0 aliphatic carbocycles. The molecule has 3 aromatic carbocycles. The van der Waals surface area contributed by atoms with Gasteiger partial charge in [0, 0.05) is 77.3 Å². The molecule has 0 aliphatic rings. The predicted octanol–water partition coefficient (Wildman–Crippen LogP) is 9.53. The second kappa shape index (κ2) is 25.7. The van der Waals surface area contributed by atoms with Crippen molar-refractivity contribution in [3.05, 3.63) is 116 Å². The molecule has 0 aliphatic heterocycles. The highest BCUT2D eigenvalue weighted by atomic mass is 35.5. The van der Waals surface area contributed by atoms with Crippen LogP contribution in [0.5, 0.6) is 0 Å². The fourth-order valence-corrected chi connectivity index (χ4v) is 5.76. The first-order valence-electron chi connectivity index (χ1n) is 17.1. The Bertz CT molecular complexity index is 2270. The van der Waals surface area contributed by atoms with Crippen LogP contribution in [0.2, 0.25) is 30.1 Å². The summed E-state index contributed by atoms with van der Waals surface area (Å²) in [7, 11) is 0. The molecule has 0 saturated heterocycles. The highest BCUT2D eigenvalue weighted by Gasteiger charge is 2.08. The van der Waals surface area contributed by atoms with Gasteiger partial charge in [0.05, 0.1) is 19.8 Å². The van der Waals surface area contributed by atoms with Crippen molar-refractivity contribution < 1.29 is 28.6 Å². The lowest BCUT2D eigenvalue weighted by atomic mass is 10.2. The van der Waals surface area contributed by atoms with E-state index in [0.29, 0.717) is 78.6 Å². The lowest BCUT2D eigenvalue weighted by molar-refractivity contribution is -0.138. The van der Waals surface area contributed by atoms with E-state index in [0.717, 1.165) is 5.56 Å². The summed E-state index contributed by atoms with van der Waals surface area (Å²) >= 11 is 35.3. The maximum absolute atomic E-state index is 11.2. The normalized spacial score (nSPS) is 10.3. The van der Waals surface area contributed by atoms with Crippen molar-refractivity contribution in [3.8, 4) is 46.5 Å². The molecule has 312 valence electrons. The topological polar surface area (TPSA) is 182 Å². The lowest BCUT2D eigenvalue weighted by Gasteiger charge is -1.98. The van der Waals surface area contributed by atoms with Gasteiger partial charge in [-0.25, -0.2) is 38.7 Å². The molecule has 60 heavy (non-hydrogen) atoms. The highest BCUT2D eigenvalue weighted by Crippen LogP contribution is 2.27. The fraction of sp³-hybridized carbons (Fsp3) is 0.154. The Labute approximate surface area is 374 Å². The number of hydrogen-bond acceptors (Lipinski definition) is 12. The number of hydrogen-bond donors (Lipinski definition) is 1. The number of aromatic amines is 1. The molecule has 1 N–H and O–H groups in total. The molecule has 21 heteroatoms. The van der Waals surface area contributed by atoms with Crippen LogP contribution in [0, 0.1) is 12.3 Å². The summed E-state index contributed by atoms with van der Waals surface area (Å²) in [5, 5.41) is 18.0. The first-order chi connectivity index (χ1) is 28.7. The van der Waals surface area contributed by atoms with Gasteiger partial charge in [-0.05, 0) is 75.4 Å². The summed E-state index contributed by atoms with van der Waals surface area (Å²) in [4.78, 5) is 44.5. The van der Waals surface area contributed by atoms with Gasteiger partial charge in [0.2, 0.25) is 0 Å². The number of rotatable bonds is 10. The van der Waals surface area contributed by atoms with Gasteiger partial charge < -0.3 is 14.2 Å². The molecule has 0 unspecified atom stereocenters. The van der Waals surface area contributed by atoms with Crippen molar-refractivity contribution in [1.29, 1.82) is 0 Å². The standard InChI is InChI=1S/2C13H11Cl2N3O2.C8H5Cl2N3.C5H6O2/c2*1-2-20-12(19)3-4-18-8-16-13(17-18)9-5-10(14)7-11(15)6-9;9-6-1-5(2-7(10)3-6)8-11-4-12-13-8;1-3-5(6)7-4-2/h2*3-8H,2H2,1H3;1-4H,(H,11,12,13);1H,4H2,2H3/b4-3+;4-3-;;. The van der Waals surface area contributed by atoms with Gasteiger partial charge in [-0.2, -0.15) is 5.10 Å². The van der Waals surface area contributed by atoms with E-state index in [1.807, 2.05) is 0 Å². The number of H-pyrrole nitrogens is 1. The van der Waals surface area contributed by atoms with Crippen LogP contribution in [0.15, 0.2) is 85.7 Å². The van der Waals surface area contributed by atoms with E-state index in [-0.39, 0.29) is 0 Å². The van der Waals surface area contributed by atoms with Crippen LogP contribution in [0.4, 0.5) is 0 Å². The first kappa shape index (κ1) is 48.6. The monoisotopic (exact) mass is 933 g/mol. The summed E-state index contributed by atoms with van der Waals surface area (Å²) in [5.74, 6) is 1.92. The summed E-state index contributed by atoms with van der Waals surface area (Å²) in [6.45, 7) is 6.18. The molecular weight excluding hydrogens is 903 g/mol. The number of halogens is 6. The number of carbonyl (C=O) groups is 3. The number of esters is 3. The molecule has 0 atom stereocenters. The summed E-state index contributed by atoms with van der Waals surface area (Å²) < 4.78 is 16.7. The fourth-order valence-electron chi connectivity index (χ4n) is 4.19. The maximum atomic E-state index is 11.2. The van der Waals surface area contributed by atoms with Gasteiger partial charge in [-0.1, -0.05) is 69.6 Å². The largest absolute Gasteiger partial charge is 0.463 e. The van der Waals surface area contributed by atoms with Crippen molar-refractivity contribution in [2.24, 2.45) is 0 Å². The van der Waals surface area contributed by atoms with Crippen molar-refractivity contribution in [3.63, 3.8) is 0 Å². The molecule has 15 nitrogen and oxygen atoms in total. The summed E-state index contributed by atoms with van der Waals surface area (Å²) in [6.07, 6.45) is 14.5. The molecule has 6 rings (SSSR count). The molecule has 0 radical (unpaired) electrons. The third-order valence-electron chi connectivity index (χ3n) is 6.50. The minimum absolute atomic E-state index is 0.326. The lowest BCUT2D eigenvalue weighted by Crippen LogP contribution is -2.00. The molecule has 0 spiro atoms. The Kier molecular flexibility index (Phi) is 20.8. The summed E-state index contributed by atoms with van der Waals surface area (Å²) in [5.41, 5.74) is 2.23. The number of terminal acetylenes is 1. The minimum atomic E-state index is -0.595. The zero-order valence-electron chi connectivity index (χ0n) is 31.7. The molecule has 0 amide bonds. The van der Waals surface area contributed by atoms with Crippen LogP contribution >= 0.6 is 69.6 Å². The van der Waals surface area contributed by atoms with E-state index < -0.39 is 17.9 Å². The van der Waals surface area contributed by atoms with Gasteiger partial charge >= 0.3 is 17.9 Å². The van der Waals surface area contributed by atoms with E-state index in [1.165, 1.54) is 52.9 Å². The quantitative estimate of drug-likeness (QED) is 0.0452. The van der Waals surface area contributed by atoms with Gasteiger partial charge in [-0.15, -0.1) is 16.6 Å². The molecular formula is C39H33Cl6N9O6. The number of nitrogens with zero attached hydrogens (tertiary/aromatic N) is 8. The molecule has 6 aromatic rings. The molecule has 0 bridgehead atoms. The van der Waals surface area contributed by atoms with Crippen molar-refractivity contribution in [2.45, 2.75) is 20.8 Å². The number of ether oxygens (including phenoxy) is 3. The zero-order valence-corrected chi connectivity index (χ0v) is 36.3. The van der Waals surface area contributed by atoms with Crippen LogP contribution in [0.3, 0.4) is 0 Å². The number of nitrogens with one attached hydrogen (secondary N) is 1. The molecule has 3 heterocycles. The van der Waals surface area contributed by atoms with Crippen molar-refractivity contribution in [1.82, 2.24) is 44.7 Å². The van der Waals surface area contributed by atoms with Crippen LogP contribution < -0.4 is 0 Å². The van der Waals surface area contributed by atoms with Crippen LogP contribution in [-0.4, -0.2) is 82.4 Å². The van der Waals surface area contributed by atoms with Gasteiger partial charge in [0.15, 0.2) is 17.5 Å². The van der Waals surface area contributed by atoms with E-state index in [4.69, 9.17) is 79.1 Å². The Hall–Kier alpha value is -5.73. The second-order valence-electron chi connectivity index (χ2n) is 10.9. The Morgan fingerprint density at radius 3 is 1.32 bits per heavy atom. The van der Waals surface area contributed by atoms with Crippen molar-refractivity contribution in [2.75, 3.05) is 19.8 Å². The predicted molar refractivity (Wildman–Crippen MR) is 232 cm³/mol. The molecule has 3 aromatic heterocycles. The smallest absolute Gasteiger partial charge is 0.384 e. The second-order valence-corrected chi connectivity index (χ2v) is 13.5.